The Bertz CT molecular complexity index is 758. The Hall–Kier alpha value is -1.56. The highest BCUT2D eigenvalue weighted by Gasteiger charge is 2.24. The summed E-state index contributed by atoms with van der Waals surface area (Å²) in [5.74, 6) is 0.562. The second-order valence-corrected chi connectivity index (χ2v) is 7.29. The second-order valence-electron chi connectivity index (χ2n) is 6.86. The molecule has 2 aromatic rings. The minimum atomic E-state index is 0. The topological polar surface area (TPSA) is 59.0 Å². The van der Waals surface area contributed by atoms with Crippen LogP contribution in [0.5, 0.6) is 0 Å². The first-order chi connectivity index (χ1) is 12.0. The third kappa shape index (κ3) is 4.58. The third-order valence-electron chi connectivity index (χ3n) is 5.02. The highest BCUT2D eigenvalue weighted by atomic mass is 35.5. The van der Waals surface area contributed by atoms with E-state index in [0.717, 1.165) is 42.1 Å². The molecule has 2 heterocycles. The van der Waals surface area contributed by atoms with Crippen molar-refractivity contribution in [2.45, 2.75) is 39.7 Å². The molecule has 2 atom stereocenters. The molecule has 1 aromatic carbocycles. The van der Waals surface area contributed by atoms with Crippen molar-refractivity contribution in [2.24, 2.45) is 5.92 Å². The normalized spacial score (nSPS) is 19.7. The largest absolute Gasteiger partial charge is 0.352 e. The summed E-state index contributed by atoms with van der Waals surface area (Å²) in [6.45, 7) is 8.02. The number of benzene rings is 1. The lowest BCUT2D eigenvalue weighted by atomic mass is 9.94. The van der Waals surface area contributed by atoms with Crippen molar-refractivity contribution in [2.75, 3.05) is 13.1 Å². The monoisotopic (exact) mass is 396 g/mol. The van der Waals surface area contributed by atoms with E-state index >= 15 is 0 Å². The van der Waals surface area contributed by atoms with Crippen LogP contribution in [-0.2, 0) is 11.2 Å². The van der Waals surface area contributed by atoms with Crippen molar-refractivity contribution in [1.29, 1.82) is 0 Å². The predicted octanol–water partition coefficient (Wildman–Crippen LogP) is 3.22. The first-order valence-electron chi connectivity index (χ1n) is 8.77. The fourth-order valence-corrected chi connectivity index (χ4v) is 3.49. The van der Waals surface area contributed by atoms with Crippen molar-refractivity contribution in [3.63, 3.8) is 0 Å². The Labute approximate surface area is 165 Å². The maximum Gasteiger partial charge on any atom is 0.224 e. The van der Waals surface area contributed by atoms with Gasteiger partial charge in [0.05, 0.1) is 17.8 Å². The van der Waals surface area contributed by atoms with Gasteiger partial charge in [-0.2, -0.15) is 5.10 Å². The summed E-state index contributed by atoms with van der Waals surface area (Å²) in [7, 11) is 0. The number of carbonyl (C=O) groups is 1. The zero-order valence-electron chi connectivity index (χ0n) is 15.4. The molecule has 142 valence electrons. The summed E-state index contributed by atoms with van der Waals surface area (Å²) in [6.07, 6.45) is 1.45. The standard InChI is InChI=1S/C19H25ClN4O.ClH/c1-12-8-9-21-11-18(12)22-19(25)10-17-13(2)23-24(14(17)3)16-6-4-15(20)5-7-16;/h4-7,12,18,21H,8-11H2,1-3H3,(H,22,25);1H. The van der Waals surface area contributed by atoms with E-state index in [0.29, 0.717) is 17.4 Å². The van der Waals surface area contributed by atoms with Gasteiger partial charge in [-0.05, 0) is 57.0 Å². The van der Waals surface area contributed by atoms with E-state index in [1.54, 1.807) is 0 Å². The van der Waals surface area contributed by atoms with Crippen LogP contribution in [0.2, 0.25) is 5.02 Å². The SMILES string of the molecule is Cc1nn(-c2ccc(Cl)cc2)c(C)c1CC(=O)NC1CNCCC1C.Cl. The number of hydrogen-bond acceptors (Lipinski definition) is 3. The van der Waals surface area contributed by atoms with Gasteiger partial charge in [-0.25, -0.2) is 4.68 Å². The molecule has 26 heavy (non-hydrogen) atoms. The van der Waals surface area contributed by atoms with Crippen LogP contribution < -0.4 is 10.6 Å². The van der Waals surface area contributed by atoms with Gasteiger partial charge in [-0.3, -0.25) is 4.79 Å². The van der Waals surface area contributed by atoms with Crippen molar-refractivity contribution in [1.82, 2.24) is 20.4 Å². The third-order valence-corrected chi connectivity index (χ3v) is 5.28. The molecule has 0 saturated carbocycles. The van der Waals surface area contributed by atoms with Crippen LogP contribution >= 0.6 is 24.0 Å². The molecule has 3 rings (SSSR count). The van der Waals surface area contributed by atoms with E-state index in [1.165, 1.54) is 0 Å². The number of aromatic nitrogens is 2. The Morgan fingerprint density at radius 1 is 1.35 bits per heavy atom. The maximum atomic E-state index is 12.5. The van der Waals surface area contributed by atoms with Gasteiger partial charge >= 0.3 is 0 Å². The van der Waals surface area contributed by atoms with Gasteiger partial charge in [-0.15, -0.1) is 12.4 Å². The van der Waals surface area contributed by atoms with Crippen molar-refractivity contribution in [3.8, 4) is 5.69 Å². The molecule has 0 aliphatic carbocycles. The average Bonchev–Trinajstić information content (AvgIpc) is 2.86. The van der Waals surface area contributed by atoms with E-state index in [-0.39, 0.29) is 24.4 Å². The number of carbonyl (C=O) groups excluding carboxylic acids is 1. The lowest BCUT2D eigenvalue weighted by molar-refractivity contribution is -0.121. The van der Waals surface area contributed by atoms with Gasteiger partial charge in [0, 0.05) is 28.9 Å². The molecule has 7 heteroatoms. The number of rotatable bonds is 4. The molecule has 0 spiro atoms. The molecular formula is C19H26Cl2N4O. The van der Waals surface area contributed by atoms with Gasteiger partial charge < -0.3 is 10.6 Å². The molecule has 2 N–H and O–H groups in total. The zero-order chi connectivity index (χ0) is 18.0. The highest BCUT2D eigenvalue weighted by Crippen LogP contribution is 2.20. The summed E-state index contributed by atoms with van der Waals surface area (Å²) in [4.78, 5) is 12.5. The Morgan fingerprint density at radius 2 is 2.04 bits per heavy atom. The Morgan fingerprint density at radius 3 is 2.69 bits per heavy atom. The lowest BCUT2D eigenvalue weighted by Crippen LogP contribution is -2.50. The molecule has 1 amide bonds. The van der Waals surface area contributed by atoms with Crippen LogP contribution in [0.4, 0.5) is 0 Å². The first kappa shape index (κ1) is 20.7. The fraction of sp³-hybridized carbons (Fsp3) is 0.474. The summed E-state index contributed by atoms with van der Waals surface area (Å²) >= 11 is 5.96. The van der Waals surface area contributed by atoms with Crippen LogP contribution in [0.1, 0.15) is 30.3 Å². The van der Waals surface area contributed by atoms with Crippen LogP contribution in [0.15, 0.2) is 24.3 Å². The van der Waals surface area contributed by atoms with Gasteiger partial charge in [0.15, 0.2) is 0 Å². The number of piperidine rings is 1. The van der Waals surface area contributed by atoms with Crippen LogP contribution in [0.3, 0.4) is 0 Å². The molecule has 0 radical (unpaired) electrons. The number of halogens is 2. The van der Waals surface area contributed by atoms with E-state index in [4.69, 9.17) is 11.6 Å². The molecule has 1 aliphatic heterocycles. The number of hydrogen-bond donors (Lipinski definition) is 2. The highest BCUT2D eigenvalue weighted by molar-refractivity contribution is 6.30. The van der Waals surface area contributed by atoms with Crippen LogP contribution in [-0.4, -0.2) is 34.8 Å². The Balaban J connectivity index is 0.00000243. The predicted molar refractivity (Wildman–Crippen MR) is 108 cm³/mol. The summed E-state index contributed by atoms with van der Waals surface area (Å²) in [6, 6.07) is 7.75. The molecule has 2 unspecified atom stereocenters. The minimum absolute atomic E-state index is 0. The Kier molecular flexibility index (Phi) is 7.09. The molecule has 0 bridgehead atoms. The van der Waals surface area contributed by atoms with Gasteiger partial charge in [0.2, 0.25) is 5.91 Å². The smallest absolute Gasteiger partial charge is 0.224 e. The first-order valence-corrected chi connectivity index (χ1v) is 9.14. The lowest BCUT2D eigenvalue weighted by Gasteiger charge is -2.30. The second kappa shape index (κ2) is 8.89. The van der Waals surface area contributed by atoms with Crippen molar-refractivity contribution >= 4 is 29.9 Å². The van der Waals surface area contributed by atoms with Crippen LogP contribution in [0, 0.1) is 19.8 Å². The number of nitrogens with one attached hydrogen (secondary N) is 2. The van der Waals surface area contributed by atoms with Crippen molar-refractivity contribution in [3.05, 3.63) is 46.2 Å². The average molecular weight is 397 g/mol. The summed E-state index contributed by atoms with van der Waals surface area (Å²) < 4.78 is 1.87. The number of amides is 1. The van der Waals surface area contributed by atoms with E-state index < -0.39 is 0 Å². The molecule has 1 aliphatic rings. The van der Waals surface area contributed by atoms with Crippen molar-refractivity contribution < 1.29 is 4.79 Å². The van der Waals surface area contributed by atoms with E-state index in [9.17, 15) is 4.79 Å². The molecule has 1 aromatic heterocycles. The quantitative estimate of drug-likeness (QED) is 0.833. The summed E-state index contributed by atoms with van der Waals surface area (Å²) in [5, 5.41) is 11.8. The van der Waals surface area contributed by atoms with Crippen LogP contribution in [0.25, 0.3) is 5.69 Å². The number of aryl methyl sites for hydroxylation is 1. The fourth-order valence-electron chi connectivity index (χ4n) is 3.37. The molecule has 5 nitrogen and oxygen atoms in total. The molecule has 1 fully saturated rings. The van der Waals surface area contributed by atoms with Gasteiger partial charge in [0.1, 0.15) is 0 Å². The van der Waals surface area contributed by atoms with E-state index in [2.05, 4.69) is 22.7 Å². The van der Waals surface area contributed by atoms with Gasteiger partial charge in [-0.1, -0.05) is 18.5 Å². The molecular weight excluding hydrogens is 371 g/mol. The summed E-state index contributed by atoms with van der Waals surface area (Å²) in [5.41, 5.74) is 3.81. The molecule has 1 saturated heterocycles. The number of nitrogens with zero attached hydrogens (tertiary/aromatic N) is 2. The maximum absolute atomic E-state index is 12.5. The minimum Gasteiger partial charge on any atom is -0.352 e. The van der Waals surface area contributed by atoms with Gasteiger partial charge in [0.25, 0.3) is 0 Å². The zero-order valence-corrected chi connectivity index (χ0v) is 17.0. The van der Waals surface area contributed by atoms with E-state index in [1.807, 2.05) is 42.8 Å².